The van der Waals surface area contributed by atoms with E-state index in [0.717, 1.165) is 4.57 Å². The van der Waals surface area contributed by atoms with Crippen LogP contribution in [0.1, 0.15) is 40.8 Å². The lowest BCUT2D eigenvalue weighted by molar-refractivity contribution is -0.133. The van der Waals surface area contributed by atoms with E-state index in [1.165, 1.54) is 46.4 Å². The van der Waals surface area contributed by atoms with Gasteiger partial charge >= 0.3 is 11.4 Å². The summed E-state index contributed by atoms with van der Waals surface area (Å²) in [6.07, 6.45) is 3.18. The summed E-state index contributed by atoms with van der Waals surface area (Å²) in [5.41, 5.74) is 0.204. The average molecular weight is 812 g/mol. The third-order valence-corrected chi connectivity index (χ3v) is 12.5. The summed E-state index contributed by atoms with van der Waals surface area (Å²) >= 11 is 6.60. The maximum Gasteiger partial charge on any atom is 0.347 e. The molecule has 0 saturated heterocycles. The van der Waals surface area contributed by atoms with Crippen LogP contribution in [-0.2, 0) is 41.6 Å². The molecule has 0 spiro atoms. The average Bonchev–Trinajstić information content (AvgIpc) is 3.50. The molecule has 59 heavy (non-hydrogen) atoms. The fraction of sp³-hybridized carbons (Fsp3) is 0.244. The Hall–Kier alpha value is -6.73. The maximum absolute atomic E-state index is 15.2. The highest BCUT2D eigenvalue weighted by Gasteiger charge is 2.63. The predicted molar refractivity (Wildman–Crippen MR) is 220 cm³/mol. The van der Waals surface area contributed by atoms with Crippen LogP contribution in [0.2, 0.25) is 5.02 Å². The Morgan fingerprint density at radius 2 is 1.58 bits per heavy atom. The standard InChI is InChI=1S/C45H38ClN5O8/c1-48-35-24-38(59-3)37(58-2)23-33(35)47-32(42(48)55)17-18-49-43(56)50-19-16-28-34(51(50)44(49)57)22-31-41(54)29(25-10-6-4-7-11-25)21-39(53)45(31,26-12-8-5-9-13-26)40(28)30-20-27(46)14-15-36(30)52/h4-16,20-21,23-24,31,34,40,52H,17-19,22H2,1-3H3. The second-order valence-electron chi connectivity index (χ2n) is 15.0. The van der Waals surface area contributed by atoms with Gasteiger partial charge in [-0.1, -0.05) is 78.3 Å². The van der Waals surface area contributed by atoms with Crippen molar-refractivity contribution in [3.63, 3.8) is 0 Å². The highest BCUT2D eigenvalue weighted by atomic mass is 35.5. The highest BCUT2D eigenvalue weighted by molar-refractivity contribution is 6.32. The third-order valence-electron chi connectivity index (χ3n) is 12.2. The van der Waals surface area contributed by atoms with Crippen LogP contribution in [0.3, 0.4) is 0 Å². The van der Waals surface area contributed by atoms with Crippen LogP contribution in [0.4, 0.5) is 0 Å². The SMILES string of the molecule is COc1cc2nc(CCn3c(=O)n4n(c3=O)C3CC5C(=O)C(c6ccccc6)=CC(=O)C5(c5ccccc5)C(c5cc(Cl)ccc5O)C3=CC4)c(=O)n(C)c2cc1OC. The number of hydrogen-bond donors (Lipinski definition) is 1. The molecule has 2 aromatic heterocycles. The molecule has 1 aliphatic heterocycles. The molecule has 1 fully saturated rings. The fourth-order valence-electron chi connectivity index (χ4n) is 9.57. The lowest BCUT2D eigenvalue weighted by Crippen LogP contribution is -2.58. The monoisotopic (exact) mass is 811 g/mol. The number of ether oxygens (including phenoxy) is 2. The van der Waals surface area contributed by atoms with Gasteiger partial charge in [0.25, 0.3) is 5.56 Å². The van der Waals surface area contributed by atoms with Crippen LogP contribution >= 0.6 is 11.6 Å². The van der Waals surface area contributed by atoms with Gasteiger partial charge in [-0.15, -0.1) is 0 Å². The van der Waals surface area contributed by atoms with Crippen LogP contribution in [0.25, 0.3) is 16.6 Å². The Morgan fingerprint density at radius 1 is 0.881 bits per heavy atom. The zero-order valence-corrected chi connectivity index (χ0v) is 33.1. The molecule has 0 radical (unpaired) electrons. The number of nitrogens with zero attached hydrogens (tertiary/aromatic N) is 5. The smallest absolute Gasteiger partial charge is 0.347 e. The molecular formula is C45H38ClN5O8. The number of aromatic nitrogens is 5. The second kappa shape index (κ2) is 14.3. The van der Waals surface area contributed by atoms with Gasteiger partial charge in [0, 0.05) is 60.1 Å². The summed E-state index contributed by atoms with van der Waals surface area (Å²) in [5, 5.41) is 11.9. The van der Waals surface area contributed by atoms with Crippen molar-refractivity contribution in [2.24, 2.45) is 13.0 Å². The van der Waals surface area contributed by atoms with Crippen LogP contribution in [0.15, 0.2) is 123 Å². The lowest BCUT2D eigenvalue weighted by atomic mass is 9.47. The van der Waals surface area contributed by atoms with E-state index in [0.29, 0.717) is 49.8 Å². The summed E-state index contributed by atoms with van der Waals surface area (Å²) in [5.74, 6) is -1.93. The van der Waals surface area contributed by atoms with E-state index < -0.39 is 40.2 Å². The number of benzene rings is 4. The number of carbonyl (C=O) groups is 2. The second-order valence-corrected chi connectivity index (χ2v) is 15.5. The number of hydrogen-bond acceptors (Lipinski definition) is 9. The molecule has 3 heterocycles. The third kappa shape index (κ3) is 5.66. The molecule has 4 aromatic carbocycles. The minimum Gasteiger partial charge on any atom is -0.508 e. The number of Topliss-reactive ketones (excluding diaryl/α,β-unsaturated/α-hetero) is 1. The number of aryl methyl sites for hydroxylation is 2. The molecule has 6 aromatic rings. The summed E-state index contributed by atoms with van der Waals surface area (Å²) in [4.78, 5) is 77.3. The summed E-state index contributed by atoms with van der Waals surface area (Å²) in [6.45, 7) is -0.201. The number of rotatable bonds is 8. The minimum absolute atomic E-state index is 0.00523. The molecule has 0 bridgehead atoms. The number of allylic oxidation sites excluding steroid dienone is 4. The Balaban J connectivity index is 1.19. The molecule has 14 heteroatoms. The minimum atomic E-state index is -1.55. The molecule has 0 amide bonds. The van der Waals surface area contributed by atoms with Crippen molar-refractivity contribution in [1.82, 2.24) is 23.5 Å². The number of phenolic OH excluding ortho intramolecular Hbond substituents is 1. The first kappa shape index (κ1) is 37.8. The summed E-state index contributed by atoms with van der Waals surface area (Å²) in [6, 6.07) is 25.0. The van der Waals surface area contributed by atoms with E-state index in [4.69, 9.17) is 21.1 Å². The Kier molecular flexibility index (Phi) is 9.15. The molecule has 4 atom stereocenters. The predicted octanol–water partition coefficient (Wildman–Crippen LogP) is 5.14. The van der Waals surface area contributed by atoms with Gasteiger partial charge in [0.2, 0.25) is 0 Å². The summed E-state index contributed by atoms with van der Waals surface area (Å²) < 4.78 is 16.1. The van der Waals surface area contributed by atoms with E-state index >= 15 is 9.59 Å². The Bertz CT molecular complexity index is 2980. The van der Waals surface area contributed by atoms with E-state index in [9.17, 15) is 19.5 Å². The van der Waals surface area contributed by atoms with Crippen molar-refractivity contribution in [2.75, 3.05) is 14.2 Å². The Labute approximate surface area is 341 Å². The van der Waals surface area contributed by atoms with Crippen LogP contribution in [0.5, 0.6) is 17.2 Å². The van der Waals surface area contributed by atoms with E-state index in [-0.39, 0.29) is 54.5 Å². The molecule has 1 saturated carbocycles. The normalized spacial score (nSPS) is 21.0. The number of methoxy groups -OCH3 is 2. The van der Waals surface area contributed by atoms with Gasteiger partial charge < -0.3 is 19.1 Å². The topological polar surface area (TPSA) is 157 Å². The van der Waals surface area contributed by atoms with Gasteiger partial charge in [-0.3, -0.25) is 14.4 Å². The molecule has 3 aliphatic rings. The van der Waals surface area contributed by atoms with E-state index in [1.54, 1.807) is 61.6 Å². The highest BCUT2D eigenvalue weighted by Crippen LogP contribution is 2.62. The van der Waals surface area contributed by atoms with Crippen molar-refractivity contribution < 1.29 is 24.2 Å². The first-order valence-electron chi connectivity index (χ1n) is 19.1. The van der Waals surface area contributed by atoms with Crippen LogP contribution < -0.4 is 26.4 Å². The zero-order valence-electron chi connectivity index (χ0n) is 32.3. The Morgan fingerprint density at radius 3 is 2.29 bits per heavy atom. The maximum atomic E-state index is 15.2. The lowest BCUT2D eigenvalue weighted by Gasteiger charge is -2.54. The molecule has 9 rings (SSSR count). The number of halogens is 1. The van der Waals surface area contributed by atoms with Gasteiger partial charge in [-0.05, 0) is 47.4 Å². The van der Waals surface area contributed by atoms with Crippen LogP contribution in [0, 0.1) is 5.92 Å². The summed E-state index contributed by atoms with van der Waals surface area (Å²) in [7, 11) is 4.60. The molecule has 4 unspecified atom stereocenters. The van der Waals surface area contributed by atoms with Crippen LogP contribution in [-0.4, -0.2) is 54.4 Å². The van der Waals surface area contributed by atoms with Crippen molar-refractivity contribution in [3.05, 3.63) is 167 Å². The molecular weight excluding hydrogens is 774 g/mol. The number of fused-ring (bicyclic) bond motifs is 5. The van der Waals surface area contributed by atoms with E-state index in [1.807, 2.05) is 30.3 Å². The number of ketones is 2. The first-order chi connectivity index (χ1) is 28.5. The van der Waals surface area contributed by atoms with E-state index in [2.05, 4.69) is 4.98 Å². The molecule has 13 nitrogen and oxygen atoms in total. The fourth-order valence-corrected chi connectivity index (χ4v) is 9.75. The largest absolute Gasteiger partial charge is 0.508 e. The number of carbonyl (C=O) groups excluding carboxylic acids is 2. The van der Waals surface area contributed by atoms with Gasteiger partial charge in [0.1, 0.15) is 11.4 Å². The van der Waals surface area contributed by atoms with Crippen molar-refractivity contribution in [1.29, 1.82) is 0 Å². The number of aromatic hydroxyl groups is 1. The molecule has 1 N–H and O–H groups in total. The number of phenols is 1. The van der Waals surface area contributed by atoms with Gasteiger partial charge in [0.05, 0.1) is 43.3 Å². The van der Waals surface area contributed by atoms with Crippen molar-refractivity contribution in [3.8, 4) is 17.2 Å². The van der Waals surface area contributed by atoms with Gasteiger partial charge in [0.15, 0.2) is 23.1 Å². The van der Waals surface area contributed by atoms with Gasteiger partial charge in [-0.2, -0.15) is 0 Å². The van der Waals surface area contributed by atoms with Crippen molar-refractivity contribution >= 4 is 39.8 Å². The molecule has 2 aliphatic carbocycles. The quantitative estimate of drug-likeness (QED) is 0.206. The van der Waals surface area contributed by atoms with Gasteiger partial charge in [-0.25, -0.2) is 28.5 Å². The first-order valence-corrected chi connectivity index (χ1v) is 19.5. The zero-order chi connectivity index (χ0) is 41.3. The van der Waals surface area contributed by atoms with Crippen molar-refractivity contribution in [2.45, 2.75) is 43.3 Å². The molecule has 298 valence electrons.